The number of nitrogens with one attached hydrogen (secondary N) is 1. The molecule has 3 aromatic heterocycles. The molecule has 218 valence electrons. The van der Waals surface area contributed by atoms with E-state index >= 15 is 0 Å². The molecule has 5 rings (SSSR count). The number of piperidine rings is 1. The molecule has 12 heteroatoms. The van der Waals surface area contributed by atoms with Gasteiger partial charge in [-0.15, -0.1) is 0 Å². The third-order valence-electron chi connectivity index (χ3n) is 7.75. The highest BCUT2D eigenvalue weighted by Crippen LogP contribution is 2.34. The zero-order valence-electron chi connectivity index (χ0n) is 23.3. The molecule has 0 bridgehead atoms. The van der Waals surface area contributed by atoms with Crippen molar-refractivity contribution in [3.8, 4) is 11.3 Å². The lowest BCUT2D eigenvalue weighted by atomic mass is 9.82. The Morgan fingerprint density at radius 2 is 1.71 bits per heavy atom. The molecule has 41 heavy (non-hydrogen) atoms. The van der Waals surface area contributed by atoms with E-state index in [0.717, 1.165) is 11.8 Å². The van der Waals surface area contributed by atoms with Crippen molar-refractivity contribution in [1.82, 2.24) is 29.4 Å². The maximum atomic E-state index is 15.0. The lowest BCUT2D eigenvalue weighted by Crippen LogP contribution is -2.40. The van der Waals surface area contributed by atoms with Gasteiger partial charge in [0, 0.05) is 17.8 Å². The van der Waals surface area contributed by atoms with Gasteiger partial charge in [-0.05, 0) is 82.3 Å². The zero-order chi connectivity index (χ0) is 29.5. The maximum absolute atomic E-state index is 15.0. The highest BCUT2D eigenvalue weighted by Gasteiger charge is 2.33. The van der Waals surface area contributed by atoms with Crippen LogP contribution in [-0.2, 0) is 0 Å². The Kier molecular flexibility index (Phi) is 7.95. The van der Waals surface area contributed by atoms with Crippen molar-refractivity contribution < 1.29 is 22.0 Å². The Labute approximate surface area is 234 Å². The summed E-state index contributed by atoms with van der Waals surface area (Å²) in [7, 11) is 0. The van der Waals surface area contributed by atoms with E-state index in [1.807, 2.05) is 24.5 Å². The molecule has 1 aliphatic rings. The Balaban J connectivity index is 1.31. The summed E-state index contributed by atoms with van der Waals surface area (Å²) in [6, 6.07) is 6.59. The number of aryl methyl sites for hydroxylation is 1. The number of anilines is 2. The highest BCUT2D eigenvalue weighted by molar-refractivity contribution is 5.83. The topological polar surface area (TPSA) is 71.8 Å². The van der Waals surface area contributed by atoms with Gasteiger partial charge in [-0.1, -0.05) is 13.0 Å². The number of fused-ring (bicyclic) bond motifs is 1. The van der Waals surface area contributed by atoms with Crippen LogP contribution in [0.3, 0.4) is 0 Å². The molecule has 0 spiro atoms. The van der Waals surface area contributed by atoms with E-state index in [1.54, 1.807) is 25.3 Å². The van der Waals surface area contributed by atoms with Gasteiger partial charge in [-0.3, -0.25) is 4.90 Å². The fourth-order valence-corrected chi connectivity index (χ4v) is 5.69. The number of nitrogens with zero attached hydrogens (tertiary/aromatic N) is 6. The quantitative estimate of drug-likeness (QED) is 0.236. The van der Waals surface area contributed by atoms with Crippen molar-refractivity contribution in [2.75, 3.05) is 25.0 Å². The van der Waals surface area contributed by atoms with Crippen LogP contribution in [0, 0.1) is 24.5 Å². The number of aromatic nitrogens is 5. The second kappa shape index (κ2) is 11.3. The molecular formula is C29H32F5N7. The molecule has 0 radical (unpaired) electrons. The minimum atomic E-state index is -4.18. The van der Waals surface area contributed by atoms with Crippen molar-refractivity contribution >= 4 is 22.8 Å². The van der Waals surface area contributed by atoms with Gasteiger partial charge in [0.2, 0.25) is 5.95 Å². The van der Waals surface area contributed by atoms with E-state index in [-0.39, 0.29) is 40.6 Å². The second-order valence-corrected chi connectivity index (χ2v) is 11.0. The van der Waals surface area contributed by atoms with Crippen LogP contribution in [0.25, 0.3) is 22.3 Å². The number of alkyl halides is 3. The number of likely N-dealkylation sites (tertiary alicyclic amines) is 1. The van der Waals surface area contributed by atoms with Gasteiger partial charge in [-0.2, -0.15) is 13.2 Å². The molecule has 0 unspecified atom stereocenters. The zero-order valence-corrected chi connectivity index (χ0v) is 23.3. The first kappa shape index (κ1) is 28.8. The molecule has 1 aliphatic heterocycles. The first-order valence-electron chi connectivity index (χ1n) is 13.6. The SMILES string of the molecule is Cc1nc2c(F)cc(-c3nc(Nc4ccc([C@H](C)C5CCN(CC(F)(F)F)CC5)cn4)ncc3F)cc2n1C(C)C. The van der Waals surface area contributed by atoms with E-state index in [0.29, 0.717) is 43.1 Å². The Bertz CT molecular complexity index is 1520. The number of halogens is 5. The summed E-state index contributed by atoms with van der Waals surface area (Å²) in [5.74, 6) is 0.328. The van der Waals surface area contributed by atoms with E-state index in [2.05, 4.69) is 32.2 Å². The predicted octanol–water partition coefficient (Wildman–Crippen LogP) is 7.18. The molecule has 1 saturated heterocycles. The maximum Gasteiger partial charge on any atom is 0.401 e. The molecule has 0 saturated carbocycles. The molecule has 0 amide bonds. The van der Waals surface area contributed by atoms with E-state index < -0.39 is 24.4 Å². The predicted molar refractivity (Wildman–Crippen MR) is 147 cm³/mol. The fraction of sp³-hybridized carbons (Fsp3) is 0.448. The van der Waals surface area contributed by atoms with Crippen molar-refractivity contribution in [3.05, 3.63) is 59.7 Å². The van der Waals surface area contributed by atoms with E-state index in [9.17, 15) is 22.0 Å². The summed E-state index contributed by atoms with van der Waals surface area (Å²) in [5.41, 5.74) is 1.96. The summed E-state index contributed by atoms with van der Waals surface area (Å²) in [6.07, 6.45) is -0.0567. The number of hydrogen-bond acceptors (Lipinski definition) is 6. The number of imidazole rings is 1. The Morgan fingerprint density at radius 3 is 2.34 bits per heavy atom. The van der Waals surface area contributed by atoms with Crippen molar-refractivity contribution in [2.24, 2.45) is 5.92 Å². The van der Waals surface area contributed by atoms with Crippen LogP contribution in [0.4, 0.5) is 33.7 Å². The molecular weight excluding hydrogens is 541 g/mol. The first-order chi connectivity index (χ1) is 19.4. The van der Waals surface area contributed by atoms with Gasteiger partial charge in [0.05, 0.1) is 18.3 Å². The van der Waals surface area contributed by atoms with Gasteiger partial charge in [-0.25, -0.2) is 28.7 Å². The lowest BCUT2D eigenvalue weighted by molar-refractivity contribution is -0.148. The average Bonchev–Trinajstić information content (AvgIpc) is 3.26. The van der Waals surface area contributed by atoms with Crippen molar-refractivity contribution in [2.45, 2.75) is 58.7 Å². The van der Waals surface area contributed by atoms with Crippen LogP contribution in [-0.4, -0.2) is 55.2 Å². The lowest BCUT2D eigenvalue weighted by Gasteiger charge is -2.35. The van der Waals surface area contributed by atoms with Gasteiger partial charge in [0.25, 0.3) is 0 Å². The second-order valence-electron chi connectivity index (χ2n) is 11.0. The number of pyridine rings is 1. The van der Waals surface area contributed by atoms with Crippen molar-refractivity contribution in [3.63, 3.8) is 0 Å². The summed E-state index contributed by atoms with van der Waals surface area (Å²) in [4.78, 5) is 18.6. The van der Waals surface area contributed by atoms with Crippen LogP contribution in [0.2, 0.25) is 0 Å². The number of hydrogen-bond donors (Lipinski definition) is 1. The Hall–Kier alpha value is -3.67. The highest BCUT2D eigenvalue weighted by atomic mass is 19.4. The normalized spacial score (nSPS) is 16.0. The monoisotopic (exact) mass is 573 g/mol. The minimum absolute atomic E-state index is 0.0288. The van der Waals surface area contributed by atoms with Gasteiger partial charge >= 0.3 is 6.18 Å². The minimum Gasteiger partial charge on any atom is -0.326 e. The van der Waals surface area contributed by atoms with Gasteiger partial charge in [0.15, 0.2) is 11.6 Å². The molecule has 1 aromatic carbocycles. The number of benzene rings is 1. The molecule has 1 N–H and O–H groups in total. The van der Waals surface area contributed by atoms with Crippen LogP contribution in [0.15, 0.2) is 36.7 Å². The van der Waals surface area contributed by atoms with Crippen LogP contribution in [0.5, 0.6) is 0 Å². The summed E-state index contributed by atoms with van der Waals surface area (Å²) >= 11 is 0. The van der Waals surface area contributed by atoms with E-state index in [4.69, 9.17) is 0 Å². The molecule has 7 nitrogen and oxygen atoms in total. The molecule has 4 aromatic rings. The third-order valence-corrected chi connectivity index (χ3v) is 7.75. The summed E-state index contributed by atoms with van der Waals surface area (Å²) in [6.45, 7) is 7.76. The van der Waals surface area contributed by atoms with Gasteiger partial charge < -0.3 is 9.88 Å². The van der Waals surface area contributed by atoms with Crippen LogP contribution >= 0.6 is 0 Å². The molecule has 0 aliphatic carbocycles. The Morgan fingerprint density at radius 1 is 0.976 bits per heavy atom. The largest absolute Gasteiger partial charge is 0.401 e. The first-order valence-corrected chi connectivity index (χ1v) is 13.6. The molecule has 1 atom stereocenters. The third kappa shape index (κ3) is 6.32. The van der Waals surface area contributed by atoms with E-state index in [1.165, 1.54) is 11.0 Å². The fourth-order valence-electron chi connectivity index (χ4n) is 5.69. The average molecular weight is 574 g/mol. The standard InChI is InChI=1S/C29H32F5N7/c1-16(2)41-18(4)37-27-22(30)11-21(12-24(27)41)26-23(31)14-36-28(39-26)38-25-6-5-20(13-35-25)17(3)19-7-9-40(10-8-19)15-29(32,33)34/h5-6,11-14,16-17,19H,7-10,15H2,1-4H3,(H,35,36,38,39)/t17-/m1/s1. The smallest absolute Gasteiger partial charge is 0.326 e. The van der Waals surface area contributed by atoms with Gasteiger partial charge in [0.1, 0.15) is 22.9 Å². The van der Waals surface area contributed by atoms with Crippen LogP contribution < -0.4 is 5.32 Å². The molecule has 4 heterocycles. The summed E-state index contributed by atoms with van der Waals surface area (Å²) < 4.78 is 69.8. The van der Waals surface area contributed by atoms with Crippen molar-refractivity contribution in [1.29, 1.82) is 0 Å². The number of rotatable bonds is 7. The molecule has 1 fully saturated rings. The summed E-state index contributed by atoms with van der Waals surface area (Å²) in [5, 5.41) is 2.98. The van der Waals surface area contributed by atoms with Crippen LogP contribution in [0.1, 0.15) is 57.0 Å².